The van der Waals surface area contributed by atoms with Crippen molar-refractivity contribution < 1.29 is 4.79 Å². The van der Waals surface area contributed by atoms with E-state index < -0.39 is 0 Å². The molecule has 0 spiro atoms. The van der Waals surface area contributed by atoms with Crippen molar-refractivity contribution in [3.05, 3.63) is 75.0 Å². The minimum Gasteiger partial charge on any atom is -0.335 e. The van der Waals surface area contributed by atoms with Gasteiger partial charge in [0, 0.05) is 43.1 Å². The average Bonchev–Trinajstić information content (AvgIpc) is 2.70. The Morgan fingerprint density at radius 2 is 1.74 bits per heavy atom. The molecule has 1 N–H and O–H groups in total. The molecule has 0 saturated carbocycles. The summed E-state index contributed by atoms with van der Waals surface area (Å²) in [5, 5.41) is 8.06. The van der Waals surface area contributed by atoms with E-state index in [9.17, 15) is 9.59 Å². The number of rotatable bonds is 3. The minimum absolute atomic E-state index is 0.0479. The topological polar surface area (TPSA) is 69.3 Å². The van der Waals surface area contributed by atoms with Crippen molar-refractivity contribution in [2.24, 2.45) is 0 Å². The van der Waals surface area contributed by atoms with Crippen LogP contribution in [0.5, 0.6) is 0 Å². The minimum atomic E-state index is -0.326. The molecule has 3 aromatic rings. The van der Waals surface area contributed by atoms with Gasteiger partial charge in [-0.1, -0.05) is 41.9 Å². The summed E-state index contributed by atoms with van der Waals surface area (Å²) < 4.78 is 0. The van der Waals surface area contributed by atoms with Gasteiger partial charge in [-0.25, -0.2) is 0 Å². The number of halogens is 1. The van der Waals surface area contributed by atoms with Gasteiger partial charge in [-0.3, -0.25) is 19.6 Å². The van der Waals surface area contributed by atoms with E-state index in [0.29, 0.717) is 24.0 Å². The van der Waals surface area contributed by atoms with Crippen molar-refractivity contribution in [1.29, 1.82) is 0 Å². The Balaban J connectivity index is 1.45. The van der Waals surface area contributed by atoms with Crippen molar-refractivity contribution in [2.75, 3.05) is 26.2 Å². The Morgan fingerprint density at radius 3 is 2.52 bits per heavy atom. The van der Waals surface area contributed by atoms with Crippen molar-refractivity contribution in [2.45, 2.75) is 6.54 Å². The van der Waals surface area contributed by atoms with Crippen LogP contribution in [-0.4, -0.2) is 52.1 Å². The molecule has 138 valence electrons. The molecule has 4 rings (SSSR count). The molecule has 7 heteroatoms. The average molecular weight is 383 g/mol. The van der Waals surface area contributed by atoms with Gasteiger partial charge in [0.2, 0.25) is 5.43 Å². The second-order valence-corrected chi connectivity index (χ2v) is 7.01. The Bertz CT molecular complexity index is 1040. The van der Waals surface area contributed by atoms with Gasteiger partial charge in [-0.15, -0.1) is 0 Å². The zero-order chi connectivity index (χ0) is 18.8. The molecule has 1 fully saturated rings. The molecule has 6 nitrogen and oxygen atoms in total. The Labute approximate surface area is 161 Å². The molecule has 0 aliphatic carbocycles. The first-order chi connectivity index (χ1) is 13.1. The van der Waals surface area contributed by atoms with Gasteiger partial charge in [0.1, 0.15) is 0 Å². The summed E-state index contributed by atoms with van der Waals surface area (Å²) in [5.41, 5.74) is 1.33. The number of H-pyrrole nitrogens is 1. The molecular formula is C20H19ClN4O2. The summed E-state index contributed by atoms with van der Waals surface area (Å²) in [6.45, 7) is 3.30. The van der Waals surface area contributed by atoms with Crippen LogP contribution in [0, 0.1) is 0 Å². The van der Waals surface area contributed by atoms with E-state index in [4.69, 9.17) is 11.6 Å². The number of carbonyl (C=O) groups is 1. The summed E-state index contributed by atoms with van der Waals surface area (Å²) in [6.07, 6.45) is 0. The third-order valence-electron chi connectivity index (χ3n) is 4.89. The third kappa shape index (κ3) is 3.59. The normalized spacial score (nSPS) is 15.2. The van der Waals surface area contributed by atoms with Gasteiger partial charge in [-0.05, 0) is 23.8 Å². The van der Waals surface area contributed by atoms with Crippen LogP contribution in [0.4, 0.5) is 0 Å². The van der Waals surface area contributed by atoms with Gasteiger partial charge in [-0.2, -0.15) is 5.10 Å². The number of para-hydroxylation sites is 1. The smallest absolute Gasteiger partial charge is 0.278 e. The van der Waals surface area contributed by atoms with Crippen LogP contribution in [0.15, 0.2) is 53.3 Å². The number of hydrogen-bond acceptors (Lipinski definition) is 4. The van der Waals surface area contributed by atoms with Crippen molar-refractivity contribution in [3.63, 3.8) is 0 Å². The van der Waals surface area contributed by atoms with Crippen LogP contribution in [0.25, 0.3) is 10.9 Å². The van der Waals surface area contributed by atoms with Crippen LogP contribution in [0.1, 0.15) is 16.1 Å². The zero-order valence-electron chi connectivity index (χ0n) is 14.7. The molecule has 1 amide bonds. The molecule has 1 saturated heterocycles. The molecule has 2 aromatic carbocycles. The van der Waals surface area contributed by atoms with Crippen LogP contribution >= 0.6 is 11.6 Å². The van der Waals surface area contributed by atoms with Crippen LogP contribution in [0.3, 0.4) is 0 Å². The zero-order valence-corrected chi connectivity index (χ0v) is 15.4. The van der Waals surface area contributed by atoms with Crippen LogP contribution in [0.2, 0.25) is 5.02 Å². The molecule has 1 aliphatic rings. The second kappa shape index (κ2) is 7.50. The van der Waals surface area contributed by atoms with E-state index in [0.717, 1.165) is 30.2 Å². The summed E-state index contributed by atoms with van der Waals surface area (Å²) in [6, 6.07) is 14.8. The number of aromatic nitrogens is 2. The Kier molecular flexibility index (Phi) is 4.92. The van der Waals surface area contributed by atoms with Crippen LogP contribution < -0.4 is 5.43 Å². The number of piperazine rings is 1. The number of aromatic amines is 1. The maximum atomic E-state index is 12.8. The van der Waals surface area contributed by atoms with Crippen molar-refractivity contribution in [3.8, 4) is 0 Å². The quantitative estimate of drug-likeness (QED) is 0.755. The fraction of sp³-hybridized carbons (Fsp3) is 0.250. The second-order valence-electron chi connectivity index (χ2n) is 6.61. The number of nitrogens with one attached hydrogen (secondary N) is 1. The van der Waals surface area contributed by atoms with E-state index in [1.165, 1.54) is 0 Å². The number of hydrogen-bond donors (Lipinski definition) is 1. The molecule has 27 heavy (non-hydrogen) atoms. The van der Waals surface area contributed by atoms with Crippen LogP contribution in [-0.2, 0) is 6.54 Å². The van der Waals surface area contributed by atoms with E-state index in [-0.39, 0.29) is 17.0 Å². The molecule has 2 heterocycles. The first kappa shape index (κ1) is 17.7. The molecular weight excluding hydrogens is 364 g/mol. The number of nitrogens with zero attached hydrogens (tertiary/aromatic N) is 3. The van der Waals surface area contributed by atoms with Gasteiger partial charge in [0.15, 0.2) is 5.69 Å². The maximum absolute atomic E-state index is 12.8. The number of carbonyl (C=O) groups excluding carboxylic acids is 1. The molecule has 0 atom stereocenters. The lowest BCUT2D eigenvalue weighted by Crippen LogP contribution is -2.49. The van der Waals surface area contributed by atoms with Gasteiger partial charge in [0.05, 0.1) is 5.52 Å². The van der Waals surface area contributed by atoms with Gasteiger partial charge >= 0.3 is 0 Å². The van der Waals surface area contributed by atoms with Crippen molar-refractivity contribution in [1.82, 2.24) is 20.0 Å². The summed E-state index contributed by atoms with van der Waals surface area (Å²) in [5.74, 6) is -0.320. The Morgan fingerprint density at radius 1 is 1.04 bits per heavy atom. The van der Waals surface area contributed by atoms with E-state index in [2.05, 4.69) is 15.1 Å². The highest BCUT2D eigenvalue weighted by molar-refractivity contribution is 6.31. The Hall–Kier alpha value is -2.70. The van der Waals surface area contributed by atoms with E-state index in [1.54, 1.807) is 23.1 Å². The first-order valence-corrected chi connectivity index (χ1v) is 9.24. The van der Waals surface area contributed by atoms with Gasteiger partial charge < -0.3 is 4.90 Å². The predicted octanol–water partition coefficient (Wildman–Crippen LogP) is 2.53. The maximum Gasteiger partial charge on any atom is 0.278 e. The summed E-state index contributed by atoms with van der Waals surface area (Å²) >= 11 is 6.23. The standard InChI is InChI=1S/C20H19ClN4O2/c21-16-7-3-1-5-14(16)13-24-9-11-25(12-10-24)20(27)18-19(26)15-6-2-4-8-17(15)22-23-18/h1-8H,9-13H2,(H,22,26). The number of benzene rings is 2. The predicted molar refractivity (Wildman–Crippen MR) is 105 cm³/mol. The summed E-state index contributed by atoms with van der Waals surface area (Å²) in [7, 11) is 0. The highest BCUT2D eigenvalue weighted by Gasteiger charge is 2.25. The molecule has 1 aromatic heterocycles. The number of amides is 1. The highest BCUT2D eigenvalue weighted by atomic mass is 35.5. The van der Waals surface area contributed by atoms with Gasteiger partial charge in [0.25, 0.3) is 5.91 Å². The lowest BCUT2D eigenvalue weighted by atomic mass is 10.1. The van der Waals surface area contributed by atoms with E-state index in [1.807, 2.05) is 30.3 Å². The fourth-order valence-electron chi connectivity index (χ4n) is 3.34. The summed E-state index contributed by atoms with van der Waals surface area (Å²) in [4.78, 5) is 29.3. The largest absolute Gasteiger partial charge is 0.335 e. The SMILES string of the molecule is O=C(c1n[nH]c2ccccc2c1=O)N1CCN(Cc2ccccc2Cl)CC1. The lowest BCUT2D eigenvalue weighted by Gasteiger charge is -2.34. The fourth-order valence-corrected chi connectivity index (χ4v) is 3.54. The number of fused-ring (bicyclic) bond motifs is 1. The lowest BCUT2D eigenvalue weighted by molar-refractivity contribution is 0.0620. The monoisotopic (exact) mass is 382 g/mol. The molecule has 1 aliphatic heterocycles. The molecule has 0 radical (unpaired) electrons. The highest BCUT2D eigenvalue weighted by Crippen LogP contribution is 2.18. The van der Waals surface area contributed by atoms with E-state index >= 15 is 0 Å². The molecule has 0 unspecified atom stereocenters. The first-order valence-electron chi connectivity index (χ1n) is 8.86. The van der Waals surface area contributed by atoms with Crippen molar-refractivity contribution >= 4 is 28.4 Å². The molecule has 0 bridgehead atoms. The third-order valence-corrected chi connectivity index (χ3v) is 5.26.